The highest BCUT2D eigenvalue weighted by Gasteiger charge is 2.21. The molecule has 0 spiro atoms. The van der Waals surface area contributed by atoms with Gasteiger partial charge in [0.2, 0.25) is 5.43 Å². The number of anilines is 1. The molecule has 0 saturated heterocycles. The normalized spacial score (nSPS) is 10.7. The predicted octanol–water partition coefficient (Wildman–Crippen LogP) is 3.77. The van der Waals surface area contributed by atoms with E-state index in [4.69, 9.17) is 4.42 Å². The number of aryl methyl sites for hydroxylation is 1. The van der Waals surface area contributed by atoms with E-state index in [0.29, 0.717) is 17.5 Å². The molecule has 0 saturated carbocycles. The van der Waals surface area contributed by atoms with Gasteiger partial charge in [-0.25, -0.2) is 0 Å². The lowest BCUT2D eigenvalue weighted by Gasteiger charge is -2.22. The van der Waals surface area contributed by atoms with Crippen molar-refractivity contribution in [3.63, 3.8) is 0 Å². The molecule has 0 aliphatic rings. The van der Waals surface area contributed by atoms with Crippen LogP contribution in [0.1, 0.15) is 22.8 Å². The second-order valence-corrected chi connectivity index (χ2v) is 5.31. The van der Waals surface area contributed by atoms with Crippen LogP contribution in [0.15, 0.2) is 64.0 Å². The maximum absolute atomic E-state index is 12.9. The van der Waals surface area contributed by atoms with Crippen molar-refractivity contribution in [2.45, 2.75) is 13.8 Å². The Bertz CT molecular complexity index is 927. The van der Waals surface area contributed by atoms with Crippen LogP contribution in [0.4, 0.5) is 5.69 Å². The first-order chi connectivity index (χ1) is 11.1. The zero-order valence-electron chi connectivity index (χ0n) is 13.1. The Morgan fingerprint density at radius 2 is 1.78 bits per heavy atom. The number of nitrogens with zero attached hydrogens (tertiary/aromatic N) is 1. The molecule has 116 valence electrons. The largest absolute Gasteiger partial charge is 0.463 e. The average Bonchev–Trinajstić information content (AvgIpc) is 2.57. The molecule has 0 aliphatic heterocycles. The van der Waals surface area contributed by atoms with Crippen molar-refractivity contribution in [1.82, 2.24) is 0 Å². The molecule has 0 atom stereocenters. The van der Waals surface area contributed by atoms with Crippen molar-refractivity contribution in [2.24, 2.45) is 0 Å². The fourth-order valence-electron chi connectivity index (χ4n) is 2.66. The van der Waals surface area contributed by atoms with Crippen LogP contribution in [0.5, 0.6) is 0 Å². The zero-order chi connectivity index (χ0) is 16.4. The van der Waals surface area contributed by atoms with Gasteiger partial charge in [0, 0.05) is 12.2 Å². The van der Waals surface area contributed by atoms with E-state index in [2.05, 4.69) is 0 Å². The predicted molar refractivity (Wildman–Crippen MR) is 91.0 cm³/mol. The summed E-state index contributed by atoms with van der Waals surface area (Å²) in [6.45, 7) is 4.29. The molecule has 3 rings (SSSR count). The Morgan fingerprint density at radius 3 is 2.52 bits per heavy atom. The maximum atomic E-state index is 12.9. The molecule has 23 heavy (non-hydrogen) atoms. The third-order valence-corrected chi connectivity index (χ3v) is 3.88. The van der Waals surface area contributed by atoms with Gasteiger partial charge in [0.1, 0.15) is 17.4 Å². The van der Waals surface area contributed by atoms with Crippen LogP contribution >= 0.6 is 0 Å². The van der Waals surface area contributed by atoms with Gasteiger partial charge >= 0.3 is 0 Å². The first-order valence-electron chi connectivity index (χ1n) is 7.51. The lowest BCUT2D eigenvalue weighted by atomic mass is 10.1. The average molecular weight is 307 g/mol. The molecule has 4 heteroatoms. The fourth-order valence-corrected chi connectivity index (χ4v) is 2.66. The van der Waals surface area contributed by atoms with Crippen molar-refractivity contribution in [3.8, 4) is 0 Å². The highest BCUT2D eigenvalue weighted by Crippen LogP contribution is 2.21. The molecular formula is C19H17NO3. The highest BCUT2D eigenvalue weighted by molar-refractivity contribution is 6.07. The van der Waals surface area contributed by atoms with E-state index in [1.165, 1.54) is 6.26 Å². The lowest BCUT2D eigenvalue weighted by molar-refractivity contribution is 0.0985. The van der Waals surface area contributed by atoms with Gasteiger partial charge in [0.15, 0.2) is 0 Å². The van der Waals surface area contributed by atoms with Crippen LogP contribution in [0.2, 0.25) is 0 Å². The van der Waals surface area contributed by atoms with E-state index < -0.39 is 0 Å². The van der Waals surface area contributed by atoms with Gasteiger partial charge in [0.05, 0.1) is 5.39 Å². The third kappa shape index (κ3) is 2.63. The quantitative estimate of drug-likeness (QED) is 0.740. The van der Waals surface area contributed by atoms with Gasteiger partial charge in [-0.1, -0.05) is 30.3 Å². The van der Waals surface area contributed by atoms with Crippen LogP contribution < -0.4 is 10.3 Å². The molecule has 1 aromatic heterocycles. The minimum absolute atomic E-state index is 0.0498. The summed E-state index contributed by atoms with van der Waals surface area (Å²) in [7, 11) is 0. The number of rotatable bonds is 3. The van der Waals surface area contributed by atoms with Gasteiger partial charge in [-0.15, -0.1) is 0 Å². The van der Waals surface area contributed by atoms with Crippen LogP contribution in [0.3, 0.4) is 0 Å². The number of amides is 1. The molecule has 3 aromatic rings. The van der Waals surface area contributed by atoms with Gasteiger partial charge < -0.3 is 9.32 Å². The highest BCUT2D eigenvalue weighted by atomic mass is 16.3. The summed E-state index contributed by atoms with van der Waals surface area (Å²) in [5.41, 5.74) is 2.01. The van der Waals surface area contributed by atoms with E-state index in [-0.39, 0.29) is 16.9 Å². The number of hydrogen-bond donors (Lipinski definition) is 0. The lowest BCUT2D eigenvalue weighted by Crippen LogP contribution is -2.34. The fraction of sp³-hybridized carbons (Fsp3) is 0.158. The Morgan fingerprint density at radius 1 is 1.09 bits per heavy atom. The summed E-state index contributed by atoms with van der Waals surface area (Å²) in [5, 5.41) is 0.416. The van der Waals surface area contributed by atoms with E-state index in [9.17, 15) is 9.59 Å². The van der Waals surface area contributed by atoms with Gasteiger partial charge in [0.25, 0.3) is 5.91 Å². The number of carbonyl (C=O) groups excluding carboxylic acids is 1. The van der Waals surface area contributed by atoms with Crippen LogP contribution in [0, 0.1) is 6.92 Å². The summed E-state index contributed by atoms with van der Waals surface area (Å²) >= 11 is 0. The first kappa shape index (κ1) is 15.0. The molecule has 0 radical (unpaired) electrons. The Hall–Kier alpha value is -2.88. The van der Waals surface area contributed by atoms with Crippen molar-refractivity contribution >= 4 is 22.6 Å². The Labute approximate surface area is 134 Å². The first-order valence-corrected chi connectivity index (χ1v) is 7.51. The van der Waals surface area contributed by atoms with Crippen LogP contribution in [-0.4, -0.2) is 12.5 Å². The molecule has 1 heterocycles. The molecule has 1 amide bonds. The molecule has 0 bridgehead atoms. The van der Waals surface area contributed by atoms with E-state index >= 15 is 0 Å². The molecule has 0 N–H and O–H groups in total. The summed E-state index contributed by atoms with van der Waals surface area (Å²) in [6, 6.07) is 14.5. The smallest absolute Gasteiger partial charge is 0.265 e. The summed E-state index contributed by atoms with van der Waals surface area (Å²) in [5.74, 6) is -0.346. The minimum Gasteiger partial charge on any atom is -0.463 e. The maximum Gasteiger partial charge on any atom is 0.265 e. The van der Waals surface area contributed by atoms with E-state index in [1.807, 2.05) is 38.1 Å². The minimum atomic E-state index is -0.346. The molecule has 0 aliphatic carbocycles. The molecular weight excluding hydrogens is 290 g/mol. The second-order valence-electron chi connectivity index (χ2n) is 5.31. The summed E-state index contributed by atoms with van der Waals surface area (Å²) < 4.78 is 5.46. The number of para-hydroxylation sites is 2. The summed E-state index contributed by atoms with van der Waals surface area (Å²) in [4.78, 5) is 27.1. The molecule has 2 aromatic carbocycles. The Balaban J connectivity index is 2.11. The summed E-state index contributed by atoms with van der Waals surface area (Å²) in [6.07, 6.45) is 1.26. The van der Waals surface area contributed by atoms with Crippen molar-refractivity contribution < 1.29 is 9.21 Å². The van der Waals surface area contributed by atoms with E-state index in [0.717, 1.165) is 11.3 Å². The number of fused-ring (bicyclic) bond motifs is 1. The second kappa shape index (κ2) is 6.08. The van der Waals surface area contributed by atoms with Crippen LogP contribution in [-0.2, 0) is 0 Å². The van der Waals surface area contributed by atoms with Crippen molar-refractivity contribution in [2.75, 3.05) is 11.4 Å². The molecule has 0 fully saturated rings. The number of benzene rings is 2. The SMILES string of the molecule is CCN(C(=O)c1coc2ccccc2c1=O)c1ccccc1C. The third-order valence-electron chi connectivity index (χ3n) is 3.88. The van der Waals surface area contributed by atoms with Crippen LogP contribution in [0.25, 0.3) is 11.0 Å². The monoisotopic (exact) mass is 307 g/mol. The van der Waals surface area contributed by atoms with Crippen molar-refractivity contribution in [3.05, 3.63) is 76.1 Å². The topological polar surface area (TPSA) is 50.5 Å². The standard InChI is InChI=1S/C19H17NO3/c1-3-20(16-10-6-4-8-13(16)2)19(22)15-12-23-17-11-7-5-9-14(17)18(15)21/h4-12H,3H2,1-2H3. The molecule has 4 nitrogen and oxygen atoms in total. The zero-order valence-corrected chi connectivity index (χ0v) is 13.1. The van der Waals surface area contributed by atoms with Gasteiger partial charge in [-0.3, -0.25) is 9.59 Å². The van der Waals surface area contributed by atoms with Gasteiger partial charge in [-0.05, 0) is 37.6 Å². The Kier molecular flexibility index (Phi) is 3.98. The van der Waals surface area contributed by atoms with Crippen molar-refractivity contribution in [1.29, 1.82) is 0 Å². The number of carbonyl (C=O) groups is 1. The molecule has 0 unspecified atom stereocenters. The van der Waals surface area contributed by atoms with E-state index in [1.54, 1.807) is 29.2 Å². The van der Waals surface area contributed by atoms with Gasteiger partial charge in [-0.2, -0.15) is 0 Å². The number of hydrogen-bond acceptors (Lipinski definition) is 3.